The van der Waals surface area contributed by atoms with E-state index in [9.17, 15) is 0 Å². The van der Waals surface area contributed by atoms with Gasteiger partial charge in [0.15, 0.2) is 0 Å². The third kappa shape index (κ3) is 3.04. The van der Waals surface area contributed by atoms with Crippen LogP contribution in [0.4, 0.5) is 0 Å². The molecule has 142 valence electrons. The Balaban J connectivity index is 1.60. The third-order valence-corrected chi connectivity index (χ3v) is 18.6. The van der Waals surface area contributed by atoms with Crippen LogP contribution in [-0.4, -0.2) is 13.3 Å². The predicted octanol–water partition coefficient (Wildman–Crippen LogP) is 5.55. The zero-order valence-corrected chi connectivity index (χ0v) is 19.3. The van der Waals surface area contributed by atoms with Crippen LogP contribution < -0.4 is 8.96 Å². The van der Waals surface area contributed by atoms with Crippen LogP contribution in [0.1, 0.15) is 30.4 Å². The van der Waals surface area contributed by atoms with E-state index in [1.807, 2.05) is 4.40 Å². The molecule has 0 saturated carbocycles. The van der Waals surface area contributed by atoms with Crippen molar-refractivity contribution in [3.05, 3.63) is 71.9 Å². The summed E-state index contributed by atoms with van der Waals surface area (Å²) in [5.74, 6) is 0. The molecule has 0 bridgehead atoms. The molecule has 1 nitrogen and oxygen atoms in total. The molecule has 0 aliphatic carbocycles. The average molecular weight is 429 g/mol. The van der Waals surface area contributed by atoms with Gasteiger partial charge in [0.25, 0.3) is 0 Å². The summed E-state index contributed by atoms with van der Waals surface area (Å²) in [6, 6.07) is 20.2. The molecule has 0 unspecified atom stereocenters. The normalized spacial score (nSPS) is 17.6. The number of benzene rings is 2. The van der Waals surface area contributed by atoms with Crippen molar-refractivity contribution in [2.45, 2.75) is 48.4 Å². The van der Waals surface area contributed by atoms with Crippen LogP contribution in [0.5, 0.6) is 0 Å². The maximum atomic E-state index is 2.55. The zero-order chi connectivity index (χ0) is 19.1. The van der Waals surface area contributed by atoms with Gasteiger partial charge in [-0.3, -0.25) is 0 Å². The molecule has 0 N–H and O–H groups in total. The number of hydrogen-bond donors (Lipinski definition) is 0. The van der Waals surface area contributed by atoms with Crippen LogP contribution in [0.15, 0.2) is 60.8 Å². The van der Waals surface area contributed by atoms with E-state index < -0.39 is 13.3 Å². The second-order valence-corrected chi connectivity index (χ2v) is 18.6. The molecule has 2 heteroatoms. The molecule has 2 aliphatic rings. The quantitative estimate of drug-likeness (QED) is 0.372. The topological polar surface area (TPSA) is 3.88 Å². The molecule has 2 aliphatic heterocycles. The van der Waals surface area contributed by atoms with Crippen molar-refractivity contribution in [1.29, 1.82) is 0 Å². The Morgan fingerprint density at radius 3 is 2.39 bits per heavy atom. The predicted molar refractivity (Wildman–Crippen MR) is 121 cm³/mol. The number of aromatic nitrogens is 1. The van der Waals surface area contributed by atoms with Crippen LogP contribution in [0.3, 0.4) is 0 Å². The third-order valence-electron chi connectivity index (χ3n) is 7.24. The molecule has 28 heavy (non-hydrogen) atoms. The second-order valence-electron chi connectivity index (χ2n) is 8.95. The molecule has 2 aromatic carbocycles. The molecule has 3 aromatic rings. The summed E-state index contributed by atoms with van der Waals surface area (Å²) in [6.45, 7) is 2.25. The molecular weight excluding hydrogens is 399 g/mol. The van der Waals surface area contributed by atoms with Crippen molar-refractivity contribution in [3.63, 3.8) is 0 Å². The van der Waals surface area contributed by atoms with Gasteiger partial charge in [-0.05, 0) is 0 Å². The maximum absolute atomic E-state index is 2.55. The van der Waals surface area contributed by atoms with Gasteiger partial charge >= 0.3 is 172 Å². The fraction of sp³-hybridized carbons (Fsp3) is 0.346. The molecule has 3 heterocycles. The Hall–Kier alpha value is -1.87. The van der Waals surface area contributed by atoms with Gasteiger partial charge in [-0.1, -0.05) is 0 Å². The first-order valence-corrected chi connectivity index (χ1v) is 16.4. The van der Waals surface area contributed by atoms with Gasteiger partial charge in [0.05, 0.1) is 0 Å². The van der Waals surface area contributed by atoms with Gasteiger partial charge in [-0.15, -0.1) is 0 Å². The van der Waals surface area contributed by atoms with Gasteiger partial charge in [0.1, 0.15) is 0 Å². The van der Waals surface area contributed by atoms with Crippen LogP contribution in [0.2, 0.25) is 15.8 Å². The van der Waals surface area contributed by atoms with Crippen LogP contribution >= 0.6 is 0 Å². The fourth-order valence-corrected chi connectivity index (χ4v) is 17.2. The van der Waals surface area contributed by atoms with E-state index in [2.05, 4.69) is 79.3 Å². The van der Waals surface area contributed by atoms with E-state index >= 15 is 0 Å². The second kappa shape index (κ2) is 7.19. The van der Waals surface area contributed by atoms with E-state index in [0.717, 1.165) is 0 Å². The molecule has 1 fully saturated rings. The van der Waals surface area contributed by atoms with Crippen molar-refractivity contribution in [2.75, 3.05) is 0 Å². The average Bonchev–Trinajstić information content (AvgIpc) is 3.06. The molecular formula is C26H30GeN+. The minimum atomic E-state index is -1.78. The fourth-order valence-electron chi connectivity index (χ4n) is 5.61. The van der Waals surface area contributed by atoms with Gasteiger partial charge in [-0.2, -0.15) is 0 Å². The zero-order valence-electron chi connectivity index (χ0n) is 17.2. The molecule has 0 radical (unpaired) electrons. The van der Waals surface area contributed by atoms with Gasteiger partial charge in [0, 0.05) is 0 Å². The summed E-state index contributed by atoms with van der Waals surface area (Å²) in [7, 11) is 2.27. The molecule has 1 spiro atoms. The summed E-state index contributed by atoms with van der Waals surface area (Å²) >= 11 is -1.78. The van der Waals surface area contributed by atoms with E-state index in [4.69, 9.17) is 0 Å². The van der Waals surface area contributed by atoms with Gasteiger partial charge in [-0.25, -0.2) is 0 Å². The Morgan fingerprint density at radius 2 is 1.61 bits per heavy atom. The van der Waals surface area contributed by atoms with Crippen molar-refractivity contribution in [2.24, 2.45) is 7.05 Å². The van der Waals surface area contributed by atoms with E-state index in [0.29, 0.717) is 0 Å². The molecule has 1 aromatic heterocycles. The first kappa shape index (κ1) is 18.2. The number of nitrogens with zero attached hydrogens (tertiary/aromatic N) is 1. The molecule has 5 rings (SSSR count). The van der Waals surface area contributed by atoms with Gasteiger partial charge < -0.3 is 0 Å². The number of rotatable bonds is 2. The van der Waals surface area contributed by atoms with Gasteiger partial charge in [0.2, 0.25) is 0 Å². The summed E-state index contributed by atoms with van der Waals surface area (Å²) < 4.78 is 4.27. The Morgan fingerprint density at radius 1 is 0.821 bits per heavy atom. The number of pyridine rings is 1. The Bertz CT molecular complexity index is 1020. The molecule has 0 amide bonds. The molecule has 1 saturated heterocycles. The van der Waals surface area contributed by atoms with Crippen molar-refractivity contribution >= 4 is 17.7 Å². The summed E-state index contributed by atoms with van der Waals surface area (Å²) in [5, 5.41) is 4.70. The van der Waals surface area contributed by atoms with Crippen molar-refractivity contribution < 1.29 is 4.57 Å². The van der Waals surface area contributed by atoms with Crippen LogP contribution in [0, 0.1) is 6.92 Å². The minimum absolute atomic E-state index is 1.30. The van der Waals surface area contributed by atoms with E-state index in [1.165, 1.54) is 53.6 Å². The Kier molecular flexibility index (Phi) is 4.67. The SMILES string of the molecule is Cc1ccc(-c2ccccc2)cc1-c1cc2[c](c[n+]1C)[Ge]1([CH2]CCC[CH2]1)[CH2]C2. The summed E-state index contributed by atoms with van der Waals surface area (Å²) in [5.41, 5.74) is 8.40. The number of fused-ring (bicyclic) bond motifs is 2. The number of hydrogen-bond acceptors (Lipinski definition) is 0. The van der Waals surface area contributed by atoms with Crippen LogP contribution in [-0.2, 0) is 13.5 Å². The van der Waals surface area contributed by atoms with E-state index in [1.54, 1.807) is 21.3 Å². The number of aryl methyl sites for hydroxylation is 3. The van der Waals surface area contributed by atoms with E-state index in [-0.39, 0.29) is 0 Å². The van der Waals surface area contributed by atoms with Crippen molar-refractivity contribution in [3.8, 4) is 22.4 Å². The monoisotopic (exact) mass is 430 g/mol. The Labute approximate surface area is 171 Å². The van der Waals surface area contributed by atoms with Crippen molar-refractivity contribution in [1.82, 2.24) is 0 Å². The summed E-state index contributed by atoms with van der Waals surface area (Å²) in [4.78, 5) is 0. The first-order valence-electron chi connectivity index (χ1n) is 10.9. The molecule has 0 atom stereocenters. The first-order chi connectivity index (χ1) is 13.7. The standard InChI is InChI=1S/C26H30GeN/c1-20-11-12-22(21-9-5-3-6-10-21)17-24(20)26-18-23-13-16-27(14-7-4-8-15-27)25(23)19-28(26)2/h3,5-6,9-12,17-19H,4,7-8,13-16H2,1-2H3/q+1. The summed E-state index contributed by atoms with van der Waals surface area (Å²) in [6.07, 6.45) is 8.34. The van der Waals surface area contributed by atoms with Crippen LogP contribution in [0.25, 0.3) is 22.4 Å².